The van der Waals surface area contributed by atoms with Gasteiger partial charge in [0.1, 0.15) is 27.9 Å². The average Bonchev–Trinajstić information content (AvgIpc) is 3.31. The molecule has 0 aliphatic carbocycles. The van der Waals surface area contributed by atoms with Gasteiger partial charge < -0.3 is 14.9 Å². The minimum absolute atomic E-state index is 0.212. The van der Waals surface area contributed by atoms with Crippen molar-refractivity contribution in [3.8, 4) is 27.8 Å². The minimum Gasteiger partial charge on any atom is -0.508 e. The number of azo groups is 1. The zero-order valence-electron chi connectivity index (χ0n) is 21.2. The van der Waals surface area contributed by atoms with Crippen molar-refractivity contribution in [2.45, 2.75) is 20.0 Å². The van der Waals surface area contributed by atoms with Crippen LogP contribution in [0.4, 0.5) is 24.5 Å². The number of halogens is 3. The fourth-order valence-electron chi connectivity index (χ4n) is 3.59. The summed E-state index contributed by atoms with van der Waals surface area (Å²) in [4.78, 5) is 4.73. The molecule has 0 spiro atoms. The van der Waals surface area contributed by atoms with Gasteiger partial charge in [-0.3, -0.25) is 0 Å². The smallest absolute Gasteiger partial charge is 0.416 e. The standard InChI is InChI=1S/C22H19N3O2S.C7H5F3O/c1-13-4-7-19-21(10-13)28-22(23-19)15-5-8-18(20(12-15)27-3)25-24-17-9-6-16(26)11-14(17)2;8-7(9,10)5-2-1-3-6(11)4-5/h4-12,26H,1-3H3;1-4,11H. The third-order valence-electron chi connectivity index (χ3n) is 5.59. The molecule has 200 valence electrons. The number of aromatic hydroxyl groups is 2. The van der Waals surface area contributed by atoms with E-state index in [2.05, 4.69) is 29.3 Å². The highest BCUT2D eigenvalue weighted by Crippen LogP contribution is 2.37. The lowest BCUT2D eigenvalue weighted by atomic mass is 10.2. The zero-order chi connectivity index (χ0) is 28.2. The first-order chi connectivity index (χ1) is 18.5. The second kappa shape index (κ2) is 11.5. The Labute approximate surface area is 226 Å². The predicted molar refractivity (Wildman–Crippen MR) is 146 cm³/mol. The summed E-state index contributed by atoms with van der Waals surface area (Å²) in [5.41, 5.74) is 4.55. The van der Waals surface area contributed by atoms with E-state index < -0.39 is 11.7 Å². The molecule has 4 aromatic carbocycles. The number of aromatic nitrogens is 1. The van der Waals surface area contributed by atoms with Crippen LogP contribution in [0.25, 0.3) is 20.8 Å². The van der Waals surface area contributed by atoms with Gasteiger partial charge in [0.05, 0.1) is 28.6 Å². The average molecular weight is 552 g/mol. The molecule has 0 fully saturated rings. The fourth-order valence-corrected chi connectivity index (χ4v) is 4.65. The number of rotatable bonds is 4. The van der Waals surface area contributed by atoms with Gasteiger partial charge >= 0.3 is 6.18 Å². The highest BCUT2D eigenvalue weighted by Gasteiger charge is 2.30. The zero-order valence-corrected chi connectivity index (χ0v) is 22.0. The number of alkyl halides is 3. The summed E-state index contributed by atoms with van der Waals surface area (Å²) in [5, 5.41) is 27.8. The normalized spacial score (nSPS) is 11.4. The molecule has 0 aliphatic rings. The van der Waals surface area contributed by atoms with E-state index in [-0.39, 0.29) is 11.5 Å². The third kappa shape index (κ3) is 6.91. The third-order valence-corrected chi connectivity index (χ3v) is 6.66. The Balaban J connectivity index is 0.000000270. The van der Waals surface area contributed by atoms with Gasteiger partial charge in [0.15, 0.2) is 0 Å². The van der Waals surface area contributed by atoms with Gasteiger partial charge in [-0.2, -0.15) is 18.3 Å². The van der Waals surface area contributed by atoms with E-state index in [1.165, 1.54) is 16.3 Å². The van der Waals surface area contributed by atoms with Crippen LogP contribution in [-0.2, 0) is 6.18 Å². The molecular weight excluding hydrogens is 527 g/mol. The molecule has 1 heterocycles. The highest BCUT2D eigenvalue weighted by molar-refractivity contribution is 7.21. The maximum Gasteiger partial charge on any atom is 0.416 e. The topological polar surface area (TPSA) is 87.3 Å². The summed E-state index contributed by atoms with van der Waals surface area (Å²) >= 11 is 1.66. The quantitative estimate of drug-likeness (QED) is 0.218. The monoisotopic (exact) mass is 551 g/mol. The fraction of sp³-hybridized carbons (Fsp3) is 0.138. The number of phenolic OH excluding ortho intramolecular Hbond substituents is 2. The van der Waals surface area contributed by atoms with E-state index in [1.807, 2.05) is 31.2 Å². The molecular formula is C29H24F3N3O3S. The molecule has 10 heteroatoms. The summed E-state index contributed by atoms with van der Waals surface area (Å²) in [7, 11) is 1.62. The molecule has 0 bridgehead atoms. The van der Waals surface area contributed by atoms with Gasteiger partial charge in [-0.25, -0.2) is 4.98 Å². The lowest BCUT2D eigenvalue weighted by molar-refractivity contribution is -0.137. The Kier molecular flexibility index (Phi) is 8.15. The Bertz CT molecular complexity index is 1650. The van der Waals surface area contributed by atoms with Gasteiger partial charge in [0, 0.05) is 5.56 Å². The van der Waals surface area contributed by atoms with Crippen LogP contribution in [0.1, 0.15) is 16.7 Å². The first-order valence-corrected chi connectivity index (χ1v) is 12.5. The van der Waals surface area contributed by atoms with Crippen LogP contribution in [0.5, 0.6) is 17.2 Å². The summed E-state index contributed by atoms with van der Waals surface area (Å²) in [6, 6.07) is 21.0. The summed E-state index contributed by atoms with van der Waals surface area (Å²) in [5.74, 6) is 0.470. The van der Waals surface area contributed by atoms with Crippen LogP contribution in [0.2, 0.25) is 0 Å². The molecule has 0 radical (unpaired) electrons. The summed E-state index contributed by atoms with van der Waals surface area (Å²) in [6.07, 6.45) is -4.38. The maximum atomic E-state index is 11.9. The van der Waals surface area contributed by atoms with Crippen molar-refractivity contribution in [1.29, 1.82) is 0 Å². The van der Waals surface area contributed by atoms with Crippen LogP contribution < -0.4 is 4.74 Å². The molecule has 0 unspecified atom stereocenters. The van der Waals surface area contributed by atoms with Crippen LogP contribution in [0, 0.1) is 13.8 Å². The number of fused-ring (bicyclic) bond motifs is 1. The Morgan fingerprint density at radius 3 is 2.21 bits per heavy atom. The molecule has 5 rings (SSSR count). The van der Waals surface area contributed by atoms with E-state index >= 15 is 0 Å². The minimum atomic E-state index is -4.38. The lowest BCUT2D eigenvalue weighted by Gasteiger charge is -2.06. The molecule has 0 amide bonds. The Morgan fingerprint density at radius 2 is 1.54 bits per heavy atom. The number of aryl methyl sites for hydroxylation is 2. The first kappa shape index (κ1) is 27.6. The Morgan fingerprint density at radius 1 is 0.821 bits per heavy atom. The molecule has 39 heavy (non-hydrogen) atoms. The van der Waals surface area contributed by atoms with E-state index in [1.54, 1.807) is 36.6 Å². The largest absolute Gasteiger partial charge is 0.508 e. The second-order valence-electron chi connectivity index (χ2n) is 8.60. The number of ether oxygens (including phenoxy) is 1. The van der Waals surface area contributed by atoms with E-state index in [4.69, 9.17) is 14.8 Å². The molecule has 6 nitrogen and oxygen atoms in total. The van der Waals surface area contributed by atoms with Crippen molar-refractivity contribution in [3.05, 3.63) is 95.6 Å². The molecule has 1 aromatic heterocycles. The van der Waals surface area contributed by atoms with Crippen LogP contribution >= 0.6 is 11.3 Å². The lowest BCUT2D eigenvalue weighted by Crippen LogP contribution is -2.03. The van der Waals surface area contributed by atoms with E-state index in [0.29, 0.717) is 23.2 Å². The van der Waals surface area contributed by atoms with Crippen molar-refractivity contribution >= 4 is 32.9 Å². The molecule has 5 aromatic rings. The molecule has 0 saturated carbocycles. The van der Waals surface area contributed by atoms with Crippen LogP contribution in [0.15, 0.2) is 89.1 Å². The molecule has 2 N–H and O–H groups in total. The van der Waals surface area contributed by atoms with Gasteiger partial charge in [0.2, 0.25) is 0 Å². The number of hydrogen-bond acceptors (Lipinski definition) is 7. The highest BCUT2D eigenvalue weighted by atomic mass is 32.1. The van der Waals surface area contributed by atoms with Gasteiger partial charge in [-0.1, -0.05) is 12.1 Å². The van der Waals surface area contributed by atoms with E-state index in [0.717, 1.165) is 33.8 Å². The van der Waals surface area contributed by atoms with Crippen LogP contribution in [0.3, 0.4) is 0 Å². The van der Waals surface area contributed by atoms with Crippen LogP contribution in [-0.4, -0.2) is 22.3 Å². The second-order valence-corrected chi connectivity index (χ2v) is 9.63. The van der Waals surface area contributed by atoms with Crippen molar-refractivity contribution < 1.29 is 28.1 Å². The summed E-state index contributed by atoms with van der Waals surface area (Å²) < 4.78 is 42.3. The number of thiazole rings is 1. The van der Waals surface area contributed by atoms with Crippen molar-refractivity contribution in [3.63, 3.8) is 0 Å². The van der Waals surface area contributed by atoms with Crippen molar-refractivity contribution in [2.75, 3.05) is 7.11 Å². The molecule has 0 saturated heterocycles. The SMILES string of the molecule is COc1cc(-c2nc3ccc(C)cc3s2)ccc1N=Nc1ccc(O)cc1C.Oc1cccc(C(F)(F)F)c1. The van der Waals surface area contributed by atoms with Crippen molar-refractivity contribution in [2.24, 2.45) is 10.2 Å². The van der Waals surface area contributed by atoms with Crippen molar-refractivity contribution in [1.82, 2.24) is 4.98 Å². The van der Waals surface area contributed by atoms with E-state index in [9.17, 15) is 18.3 Å². The summed E-state index contributed by atoms with van der Waals surface area (Å²) in [6.45, 7) is 3.96. The van der Waals surface area contributed by atoms with Gasteiger partial charge in [0.25, 0.3) is 0 Å². The number of phenols is 2. The Hall–Kier alpha value is -4.44. The van der Waals surface area contributed by atoms with Gasteiger partial charge in [-0.15, -0.1) is 16.5 Å². The number of methoxy groups -OCH3 is 1. The predicted octanol–water partition coefficient (Wildman–Crippen LogP) is 9.12. The van der Waals surface area contributed by atoms with Gasteiger partial charge in [-0.05, 0) is 91.7 Å². The molecule has 0 aliphatic heterocycles. The maximum absolute atomic E-state index is 11.9. The number of nitrogens with zero attached hydrogens (tertiary/aromatic N) is 3. The number of benzene rings is 4. The first-order valence-electron chi connectivity index (χ1n) is 11.7. The number of hydrogen-bond donors (Lipinski definition) is 2. The molecule has 0 atom stereocenters.